The van der Waals surface area contributed by atoms with Crippen molar-refractivity contribution in [1.29, 1.82) is 5.41 Å². The van der Waals surface area contributed by atoms with Crippen molar-refractivity contribution in [2.75, 3.05) is 5.73 Å². The molecule has 0 aliphatic rings. The van der Waals surface area contributed by atoms with E-state index in [0.717, 1.165) is 5.56 Å². The van der Waals surface area contributed by atoms with Crippen molar-refractivity contribution in [2.24, 2.45) is 0 Å². The van der Waals surface area contributed by atoms with Crippen LogP contribution in [0.25, 0.3) is 0 Å². The summed E-state index contributed by atoms with van der Waals surface area (Å²) >= 11 is 0. The van der Waals surface area contributed by atoms with Gasteiger partial charge in [-0.15, -0.1) is 0 Å². The number of anilines is 1. The van der Waals surface area contributed by atoms with Gasteiger partial charge in [0.05, 0.1) is 5.71 Å². The van der Waals surface area contributed by atoms with Crippen molar-refractivity contribution >= 4 is 11.4 Å². The molecule has 0 bridgehead atoms. The van der Waals surface area contributed by atoms with Crippen LogP contribution in [0.5, 0.6) is 0 Å². The first-order valence-electron chi connectivity index (χ1n) is 5.50. The smallest absolute Gasteiger partial charge is 0.101 e. The van der Waals surface area contributed by atoms with Crippen LogP contribution < -0.4 is 5.73 Å². The van der Waals surface area contributed by atoms with Crippen LogP contribution in [-0.4, -0.2) is 16.4 Å². The highest BCUT2D eigenvalue weighted by Gasteiger charge is 2.22. The highest BCUT2D eigenvalue weighted by atomic mass is 16.3. The zero-order valence-corrected chi connectivity index (χ0v) is 10.8. The maximum atomic E-state index is 9.65. The predicted molar refractivity (Wildman–Crippen MR) is 70.1 cm³/mol. The lowest BCUT2D eigenvalue weighted by Gasteiger charge is -2.20. The van der Waals surface area contributed by atoms with Crippen molar-refractivity contribution in [3.05, 3.63) is 29.3 Å². The van der Waals surface area contributed by atoms with E-state index in [-0.39, 0.29) is 5.71 Å². The van der Waals surface area contributed by atoms with Gasteiger partial charge in [-0.1, -0.05) is 26.0 Å². The molecule has 0 atom stereocenters. The monoisotopic (exact) mass is 222 g/mol. The van der Waals surface area contributed by atoms with Crippen molar-refractivity contribution in [2.45, 2.75) is 40.2 Å². The molecule has 0 amide bonds. The normalized spacial score (nSPS) is 10.4. The maximum Gasteiger partial charge on any atom is 0.101 e. The highest BCUT2D eigenvalue weighted by Crippen LogP contribution is 2.19. The standard InChI is InChI=1S/C11H16N2O.C2H6/c1-7-4-5-8(9(12)6-7)10(13)11(2,3)14;1-2/h4-6,13-14H,12H2,1-3H3;1-2H3. The third-order valence-corrected chi connectivity index (χ3v) is 2.09. The molecule has 4 N–H and O–H groups in total. The van der Waals surface area contributed by atoms with Crippen LogP contribution in [0.15, 0.2) is 18.2 Å². The first-order chi connectivity index (χ1) is 7.32. The van der Waals surface area contributed by atoms with E-state index in [1.807, 2.05) is 26.8 Å². The van der Waals surface area contributed by atoms with Gasteiger partial charge in [-0.05, 0) is 32.4 Å². The summed E-state index contributed by atoms with van der Waals surface area (Å²) in [5.41, 5.74) is 6.96. The summed E-state index contributed by atoms with van der Waals surface area (Å²) in [5, 5.41) is 17.4. The quantitative estimate of drug-likeness (QED) is 0.532. The highest BCUT2D eigenvalue weighted by molar-refractivity contribution is 6.07. The lowest BCUT2D eigenvalue weighted by atomic mass is 9.94. The molecule has 0 aromatic heterocycles. The fraction of sp³-hybridized carbons (Fsp3) is 0.462. The molecule has 0 radical (unpaired) electrons. The predicted octanol–water partition coefficient (Wildman–Crippen LogP) is 2.74. The molecule has 0 heterocycles. The summed E-state index contributed by atoms with van der Waals surface area (Å²) < 4.78 is 0. The molecule has 1 rings (SSSR count). The van der Waals surface area contributed by atoms with E-state index in [2.05, 4.69) is 0 Å². The minimum absolute atomic E-state index is 0.148. The van der Waals surface area contributed by atoms with Crippen LogP contribution in [0, 0.1) is 12.3 Å². The van der Waals surface area contributed by atoms with Gasteiger partial charge in [0.1, 0.15) is 5.60 Å². The molecule has 0 spiro atoms. The first kappa shape index (κ1) is 14.6. The van der Waals surface area contributed by atoms with Crippen molar-refractivity contribution < 1.29 is 5.11 Å². The number of rotatable bonds is 2. The minimum Gasteiger partial charge on any atom is -0.398 e. The number of aliphatic hydroxyl groups is 1. The molecule has 0 fully saturated rings. The third-order valence-electron chi connectivity index (χ3n) is 2.09. The molecule has 0 saturated carbocycles. The molecular formula is C13H22N2O. The molecule has 90 valence electrons. The van der Waals surface area contributed by atoms with Crippen LogP contribution in [0.1, 0.15) is 38.8 Å². The van der Waals surface area contributed by atoms with Crippen molar-refractivity contribution in [3.63, 3.8) is 0 Å². The van der Waals surface area contributed by atoms with Gasteiger partial charge >= 0.3 is 0 Å². The molecule has 0 unspecified atom stereocenters. The van der Waals surface area contributed by atoms with Crippen molar-refractivity contribution in [3.8, 4) is 0 Å². The first-order valence-corrected chi connectivity index (χ1v) is 5.50. The van der Waals surface area contributed by atoms with Gasteiger partial charge in [-0.25, -0.2) is 0 Å². The summed E-state index contributed by atoms with van der Waals surface area (Å²) in [5.74, 6) is 0. The van der Waals surface area contributed by atoms with E-state index in [9.17, 15) is 5.11 Å². The topological polar surface area (TPSA) is 70.1 Å². The van der Waals surface area contributed by atoms with Gasteiger partial charge in [0.15, 0.2) is 0 Å². The van der Waals surface area contributed by atoms with Gasteiger partial charge < -0.3 is 16.2 Å². The van der Waals surface area contributed by atoms with E-state index in [1.165, 1.54) is 0 Å². The number of hydrogen-bond donors (Lipinski definition) is 3. The average Bonchev–Trinajstić information content (AvgIpc) is 2.18. The Bertz CT molecular complexity index is 365. The molecule has 0 aliphatic carbocycles. The number of benzene rings is 1. The number of aryl methyl sites for hydroxylation is 1. The lowest BCUT2D eigenvalue weighted by Crippen LogP contribution is -2.31. The Kier molecular flexibility index (Phi) is 5.18. The van der Waals surface area contributed by atoms with Crippen LogP contribution in [0.4, 0.5) is 5.69 Å². The van der Waals surface area contributed by atoms with E-state index in [0.29, 0.717) is 11.3 Å². The summed E-state index contributed by atoms with van der Waals surface area (Å²) in [4.78, 5) is 0. The van der Waals surface area contributed by atoms with Crippen LogP contribution >= 0.6 is 0 Å². The second-order valence-electron chi connectivity index (χ2n) is 4.02. The number of nitrogens with two attached hydrogens (primary N) is 1. The fourth-order valence-electron chi connectivity index (χ4n) is 1.24. The average molecular weight is 222 g/mol. The molecule has 0 saturated heterocycles. The van der Waals surface area contributed by atoms with Gasteiger partial charge in [0.25, 0.3) is 0 Å². The minimum atomic E-state index is -1.15. The molecule has 1 aromatic carbocycles. The molecule has 3 heteroatoms. The van der Waals surface area contributed by atoms with Crippen LogP contribution in [-0.2, 0) is 0 Å². The SMILES string of the molecule is CC.Cc1ccc(C(=N)C(C)(C)O)c(N)c1. The zero-order valence-electron chi connectivity index (χ0n) is 10.8. The summed E-state index contributed by atoms with van der Waals surface area (Å²) in [6.07, 6.45) is 0. The second kappa shape index (κ2) is 5.66. The Morgan fingerprint density at radius 1 is 1.31 bits per heavy atom. The number of hydrogen-bond acceptors (Lipinski definition) is 3. The lowest BCUT2D eigenvalue weighted by molar-refractivity contribution is 0.153. The molecule has 1 aromatic rings. The Morgan fingerprint density at radius 2 is 1.81 bits per heavy atom. The Labute approximate surface area is 97.8 Å². The van der Waals surface area contributed by atoms with Gasteiger partial charge in [-0.3, -0.25) is 0 Å². The zero-order chi connectivity index (χ0) is 12.9. The van der Waals surface area contributed by atoms with Crippen LogP contribution in [0.3, 0.4) is 0 Å². The maximum absolute atomic E-state index is 9.65. The summed E-state index contributed by atoms with van der Waals surface area (Å²) in [6.45, 7) is 9.09. The van der Waals surface area contributed by atoms with E-state index >= 15 is 0 Å². The fourth-order valence-corrected chi connectivity index (χ4v) is 1.24. The summed E-state index contributed by atoms with van der Waals surface area (Å²) in [6, 6.07) is 5.45. The van der Waals surface area contributed by atoms with Gasteiger partial charge in [0, 0.05) is 11.3 Å². The van der Waals surface area contributed by atoms with Gasteiger partial charge in [-0.2, -0.15) is 0 Å². The van der Waals surface area contributed by atoms with E-state index in [4.69, 9.17) is 11.1 Å². The summed E-state index contributed by atoms with van der Waals surface area (Å²) in [7, 11) is 0. The number of nitrogen functional groups attached to an aromatic ring is 1. The molecule has 3 nitrogen and oxygen atoms in total. The van der Waals surface area contributed by atoms with Crippen LogP contribution in [0.2, 0.25) is 0 Å². The molecule has 16 heavy (non-hydrogen) atoms. The molecular weight excluding hydrogens is 200 g/mol. The Hall–Kier alpha value is -1.35. The van der Waals surface area contributed by atoms with E-state index < -0.39 is 5.60 Å². The third kappa shape index (κ3) is 3.66. The van der Waals surface area contributed by atoms with Crippen molar-refractivity contribution in [1.82, 2.24) is 0 Å². The largest absolute Gasteiger partial charge is 0.398 e. The Morgan fingerprint density at radius 3 is 2.19 bits per heavy atom. The second-order valence-corrected chi connectivity index (χ2v) is 4.02. The number of nitrogens with one attached hydrogen (secondary N) is 1. The Balaban J connectivity index is 0.00000106. The molecule has 0 aliphatic heterocycles. The van der Waals surface area contributed by atoms with E-state index in [1.54, 1.807) is 26.0 Å². The van der Waals surface area contributed by atoms with Gasteiger partial charge in [0.2, 0.25) is 0 Å².